The highest BCUT2D eigenvalue weighted by atomic mass is 19.4. The molecule has 6 nitrogen and oxygen atoms in total. The monoisotopic (exact) mass is 1530 g/mol. The normalized spacial score (nSPS) is 13.4. The van der Waals surface area contributed by atoms with Crippen LogP contribution in [0.5, 0.6) is 0 Å². The minimum atomic E-state index is -5.03. The molecule has 0 fully saturated rings. The molecule has 0 aliphatic heterocycles. The van der Waals surface area contributed by atoms with E-state index >= 15 is 0 Å². The third-order valence-electron chi connectivity index (χ3n) is 16.9. The van der Waals surface area contributed by atoms with Crippen molar-refractivity contribution in [2.45, 2.75) is 105 Å². The predicted molar refractivity (Wildman–Crippen MR) is 362 cm³/mol. The maximum atomic E-state index is 13.5. The van der Waals surface area contributed by atoms with Crippen LogP contribution in [0.25, 0.3) is 44.5 Å². The van der Waals surface area contributed by atoms with Gasteiger partial charge in [0.15, 0.2) is 0 Å². The molecule has 0 radical (unpaired) electrons. The summed E-state index contributed by atoms with van der Waals surface area (Å²) in [5.74, 6) is 0. The minimum absolute atomic E-state index is 0.0520. The number of benzene rings is 8. The Morgan fingerprint density at radius 1 is 0.222 bits per heavy atom. The van der Waals surface area contributed by atoms with E-state index in [1.54, 1.807) is 64.1 Å². The Labute approximate surface area is 599 Å². The zero-order chi connectivity index (χ0) is 79.9. The first-order valence-corrected chi connectivity index (χ1v) is 31.6. The molecule has 564 valence electrons. The summed E-state index contributed by atoms with van der Waals surface area (Å²) >= 11 is 0. The molecule has 10 aromatic rings. The average molecular weight is 1530 g/mol. The molecule has 108 heavy (non-hydrogen) atoms. The number of hydrogen-bond acceptors (Lipinski definition) is 6. The van der Waals surface area contributed by atoms with Crippen LogP contribution >= 0.6 is 0 Å². The number of halogens is 24. The molecule has 30 heteroatoms. The summed E-state index contributed by atoms with van der Waals surface area (Å²) in [6.07, 6.45) is -40.2. The molecule has 0 spiro atoms. The molecule has 0 aliphatic carbocycles. The highest BCUT2D eigenvalue weighted by Gasteiger charge is 2.42. The van der Waals surface area contributed by atoms with Crippen molar-refractivity contribution in [3.05, 3.63) is 272 Å². The van der Waals surface area contributed by atoms with Crippen LogP contribution in [-0.4, -0.2) is 32.8 Å². The van der Waals surface area contributed by atoms with Crippen molar-refractivity contribution in [1.29, 1.82) is 0 Å². The Morgan fingerprint density at radius 2 is 0.370 bits per heavy atom. The van der Waals surface area contributed by atoms with Crippen LogP contribution in [0.4, 0.5) is 128 Å². The quantitative estimate of drug-likeness (QED) is 0.0903. The fraction of sp³-hybridized carbons (Fsp3) is 0.205. The molecule has 8 aromatic carbocycles. The van der Waals surface area contributed by atoms with Gasteiger partial charge in [-0.2, -0.15) is 105 Å². The molecule has 0 aliphatic rings. The molecule has 0 atom stereocenters. The molecular weight excluding hydrogens is 1480 g/mol. The van der Waals surface area contributed by atoms with E-state index in [0.29, 0.717) is 116 Å². The van der Waals surface area contributed by atoms with Crippen molar-refractivity contribution in [3.63, 3.8) is 0 Å². The lowest BCUT2D eigenvalue weighted by Crippen LogP contribution is -2.11. The van der Waals surface area contributed by atoms with Crippen molar-refractivity contribution >= 4 is 45.6 Å². The molecule has 2 aromatic heterocycles. The Hall–Kier alpha value is -10.9. The van der Waals surface area contributed by atoms with Gasteiger partial charge in [-0.25, -0.2) is 9.97 Å². The average Bonchev–Trinajstić information content (AvgIpc) is 0.797. The first-order valence-electron chi connectivity index (χ1n) is 31.6. The molecular formula is C78H54F24N6. The third-order valence-corrected chi connectivity index (χ3v) is 16.9. The van der Waals surface area contributed by atoms with E-state index in [0.717, 1.165) is 0 Å². The zero-order valence-electron chi connectivity index (χ0n) is 57.1. The summed E-state index contributed by atoms with van der Waals surface area (Å²) in [5.41, 5.74) is -7.59. The highest BCUT2D eigenvalue weighted by Crippen LogP contribution is 2.46. The number of pyridine rings is 2. The molecule has 10 rings (SSSR count). The molecule has 0 saturated carbocycles. The SMILES string of the molecule is CC(=Nc1cccc(-c2cc(C(F)(F)F)cc(C(F)(F)F)c2)c1C)c1cccc(C(C)=Nc2cccc(-c3cc(C(F)(F)F)cc(C(F)(F)F)c3)c2C)n1.CC(=Nc1cccc(-c2cc(C(F)(F)F)cc(C(F)(F)F)c2)c1C)c1cccc(C(C)=Nc2cccc(-c3cc(C(F)(F)F)cc(C(F)(F)F)c3)c2C)n1. The molecule has 0 unspecified atom stereocenters. The van der Waals surface area contributed by atoms with Crippen molar-refractivity contribution in [3.8, 4) is 44.5 Å². The van der Waals surface area contributed by atoms with E-state index in [1.807, 2.05) is 0 Å². The number of rotatable bonds is 12. The van der Waals surface area contributed by atoms with Crippen molar-refractivity contribution in [2.24, 2.45) is 20.0 Å². The van der Waals surface area contributed by atoms with Gasteiger partial charge in [-0.05, 0) is 243 Å². The number of hydrogen-bond donors (Lipinski definition) is 0. The largest absolute Gasteiger partial charge is 0.416 e. The fourth-order valence-electron chi connectivity index (χ4n) is 11.3. The van der Waals surface area contributed by atoms with Gasteiger partial charge in [-0.1, -0.05) is 60.7 Å². The standard InChI is InChI=1S/2C39H27F12N3/c2*1-20-30(24-14-26(36(40,41)42)18-27(15-24)37(43,44)45)8-5-10-32(20)52-22(3)34-12-7-13-35(54-34)23(4)53-33-11-6-9-31(21(33)2)25-16-28(38(46,47)48)19-29(17-25)39(49,50)51/h2*5-19H,1-4H3. The minimum Gasteiger partial charge on any atom is -0.251 e. The van der Waals surface area contributed by atoms with E-state index in [2.05, 4.69) is 29.9 Å². The zero-order valence-corrected chi connectivity index (χ0v) is 57.1. The van der Waals surface area contributed by atoms with Crippen LogP contribution in [0.1, 0.15) is 117 Å². The van der Waals surface area contributed by atoms with Crippen LogP contribution in [0.15, 0.2) is 202 Å². The summed E-state index contributed by atoms with van der Waals surface area (Å²) in [6, 6.07) is 32.5. The van der Waals surface area contributed by atoms with E-state index in [9.17, 15) is 105 Å². The van der Waals surface area contributed by atoms with Gasteiger partial charge < -0.3 is 0 Å². The number of aromatic nitrogens is 2. The second-order valence-electron chi connectivity index (χ2n) is 24.6. The van der Waals surface area contributed by atoms with E-state index in [1.165, 1.54) is 100 Å². The second kappa shape index (κ2) is 30.4. The highest BCUT2D eigenvalue weighted by molar-refractivity contribution is 6.04. The smallest absolute Gasteiger partial charge is 0.251 e. The van der Waals surface area contributed by atoms with Crippen LogP contribution in [-0.2, 0) is 49.4 Å². The van der Waals surface area contributed by atoms with Gasteiger partial charge >= 0.3 is 49.4 Å². The topological polar surface area (TPSA) is 75.2 Å². The molecule has 0 amide bonds. The van der Waals surface area contributed by atoms with Gasteiger partial charge in [0.25, 0.3) is 0 Å². The van der Waals surface area contributed by atoms with Crippen LogP contribution in [0, 0.1) is 27.7 Å². The lowest BCUT2D eigenvalue weighted by molar-refractivity contribution is -0.144. The van der Waals surface area contributed by atoms with Crippen LogP contribution in [0.2, 0.25) is 0 Å². The lowest BCUT2D eigenvalue weighted by Gasteiger charge is -2.16. The van der Waals surface area contributed by atoms with Gasteiger partial charge in [-0.15, -0.1) is 0 Å². The van der Waals surface area contributed by atoms with Crippen molar-refractivity contribution in [1.82, 2.24) is 9.97 Å². The van der Waals surface area contributed by atoms with Crippen molar-refractivity contribution in [2.75, 3.05) is 0 Å². The van der Waals surface area contributed by atoms with Crippen LogP contribution < -0.4 is 0 Å². The second-order valence-corrected chi connectivity index (χ2v) is 24.6. The summed E-state index contributed by atoms with van der Waals surface area (Å²) in [5, 5.41) is 0. The Balaban J connectivity index is 0.000000249. The van der Waals surface area contributed by atoms with E-state index < -0.39 is 93.9 Å². The Bertz CT molecular complexity index is 4430. The van der Waals surface area contributed by atoms with E-state index in [4.69, 9.17) is 0 Å². The van der Waals surface area contributed by atoms with Gasteiger partial charge in [0, 0.05) is 0 Å². The molecule has 2 heterocycles. The first-order chi connectivity index (χ1) is 49.9. The van der Waals surface area contributed by atoms with E-state index in [-0.39, 0.29) is 91.5 Å². The molecule has 0 saturated heterocycles. The first kappa shape index (κ1) is 81.1. The summed E-state index contributed by atoms with van der Waals surface area (Å²) < 4.78 is 325. The van der Waals surface area contributed by atoms with Gasteiger partial charge in [0.1, 0.15) is 0 Å². The lowest BCUT2D eigenvalue weighted by atomic mass is 9.95. The van der Waals surface area contributed by atoms with Crippen molar-refractivity contribution < 1.29 is 105 Å². The van der Waals surface area contributed by atoms with Gasteiger partial charge in [-0.3, -0.25) is 20.0 Å². The number of alkyl halides is 24. The van der Waals surface area contributed by atoms with Crippen LogP contribution in [0.3, 0.4) is 0 Å². The molecule has 0 bridgehead atoms. The van der Waals surface area contributed by atoms with Gasteiger partial charge in [0.2, 0.25) is 0 Å². The summed E-state index contributed by atoms with van der Waals surface area (Å²) in [4.78, 5) is 27.4. The Kier molecular flexibility index (Phi) is 22.8. The number of nitrogens with zero attached hydrogens (tertiary/aromatic N) is 6. The summed E-state index contributed by atoms with van der Waals surface area (Å²) in [6.45, 7) is 12.4. The molecule has 0 N–H and O–H groups in total. The maximum Gasteiger partial charge on any atom is 0.416 e. The fourth-order valence-corrected chi connectivity index (χ4v) is 11.3. The number of aliphatic imine (C=N–C) groups is 4. The Morgan fingerprint density at radius 3 is 0.519 bits per heavy atom. The summed E-state index contributed by atoms with van der Waals surface area (Å²) in [7, 11) is 0. The maximum absolute atomic E-state index is 13.5. The van der Waals surface area contributed by atoms with Gasteiger partial charge in [0.05, 0.1) is 113 Å². The third kappa shape index (κ3) is 19.2. The predicted octanol–water partition coefficient (Wildman–Crippen LogP) is 26.8.